The molecule has 0 aromatic rings. The Morgan fingerprint density at radius 3 is 2.35 bits per heavy atom. The van der Waals surface area contributed by atoms with Gasteiger partial charge in [0.25, 0.3) is 0 Å². The van der Waals surface area contributed by atoms with E-state index in [4.69, 9.17) is 9.96 Å². The third-order valence-corrected chi connectivity index (χ3v) is 8.16. The van der Waals surface area contributed by atoms with Gasteiger partial charge in [-0.2, -0.15) is 0 Å². The fourth-order valence-corrected chi connectivity index (χ4v) is 2.73. The van der Waals surface area contributed by atoms with Gasteiger partial charge in [-0.15, -0.1) is 0 Å². The summed E-state index contributed by atoms with van der Waals surface area (Å²) in [5.74, 6) is -0.484. The lowest BCUT2D eigenvalue weighted by molar-refractivity contribution is -0.134. The summed E-state index contributed by atoms with van der Waals surface area (Å²) in [6, 6.07) is -0.534. The van der Waals surface area contributed by atoms with Crippen molar-refractivity contribution in [2.75, 3.05) is 7.11 Å². The fourth-order valence-electron chi connectivity index (χ4n) is 1.30. The van der Waals surface area contributed by atoms with Crippen molar-refractivity contribution in [2.45, 2.75) is 58.0 Å². The van der Waals surface area contributed by atoms with Crippen molar-refractivity contribution in [3.63, 3.8) is 0 Å². The lowest BCUT2D eigenvalue weighted by Gasteiger charge is -2.39. The lowest BCUT2D eigenvalue weighted by Crippen LogP contribution is -2.45. The molecule has 0 fully saturated rings. The SMILES string of the molecule is COC(=O)/C=C/[C@H](N=[N+]=[N-])[C@@H](C)O[Si](C)(C)C(C)(C)C. The maximum Gasteiger partial charge on any atom is 0.330 e. The standard InChI is InChI=1S/C13H25N3O3Si/c1-10(19-20(6,7)13(2,3)4)11(15-16-14)8-9-12(17)18-5/h8-11H,1-7H3/b9-8+/t10-,11+/m1/s1. The smallest absolute Gasteiger partial charge is 0.330 e. The third kappa shape index (κ3) is 5.77. The van der Waals surface area contributed by atoms with Gasteiger partial charge in [-0.1, -0.05) is 32.0 Å². The van der Waals surface area contributed by atoms with Gasteiger partial charge in [0, 0.05) is 11.0 Å². The van der Waals surface area contributed by atoms with E-state index in [2.05, 4.69) is 48.6 Å². The van der Waals surface area contributed by atoms with Crippen LogP contribution in [0.4, 0.5) is 0 Å². The first kappa shape index (κ1) is 18.7. The number of carbonyl (C=O) groups is 1. The van der Waals surface area contributed by atoms with Crippen molar-refractivity contribution in [3.8, 4) is 0 Å². The van der Waals surface area contributed by atoms with Crippen molar-refractivity contribution in [2.24, 2.45) is 5.11 Å². The summed E-state index contributed by atoms with van der Waals surface area (Å²) in [5.41, 5.74) is 8.63. The number of ether oxygens (including phenoxy) is 1. The van der Waals surface area contributed by atoms with Crippen molar-refractivity contribution >= 4 is 14.3 Å². The molecule has 114 valence electrons. The molecule has 0 N–H and O–H groups in total. The molecule has 0 saturated heterocycles. The monoisotopic (exact) mass is 299 g/mol. The predicted molar refractivity (Wildman–Crippen MR) is 81.8 cm³/mol. The lowest BCUT2D eigenvalue weighted by atomic mass is 10.2. The van der Waals surface area contributed by atoms with Crippen LogP contribution in [0.25, 0.3) is 10.4 Å². The quantitative estimate of drug-likeness (QED) is 0.187. The van der Waals surface area contributed by atoms with Crippen LogP contribution in [0.3, 0.4) is 0 Å². The second-order valence-electron chi connectivity index (χ2n) is 6.16. The highest BCUT2D eigenvalue weighted by molar-refractivity contribution is 6.74. The summed E-state index contributed by atoms with van der Waals surface area (Å²) in [6.07, 6.45) is 2.47. The second kappa shape index (κ2) is 7.47. The number of carbonyl (C=O) groups excluding carboxylic acids is 1. The minimum atomic E-state index is -1.96. The molecule has 0 aromatic carbocycles. The van der Waals surface area contributed by atoms with Crippen LogP contribution in [-0.4, -0.2) is 33.5 Å². The molecule has 20 heavy (non-hydrogen) atoms. The molecule has 6 nitrogen and oxygen atoms in total. The molecule has 0 aliphatic heterocycles. The Labute approximate surface area is 121 Å². The normalized spacial score (nSPS) is 15.6. The maximum absolute atomic E-state index is 11.1. The van der Waals surface area contributed by atoms with E-state index in [1.165, 1.54) is 19.3 Å². The average molecular weight is 299 g/mol. The van der Waals surface area contributed by atoms with Gasteiger partial charge in [-0.3, -0.25) is 0 Å². The molecule has 2 atom stereocenters. The Hall–Kier alpha value is -1.30. The number of hydrogen-bond acceptors (Lipinski definition) is 4. The third-order valence-electron chi connectivity index (χ3n) is 3.58. The second-order valence-corrected chi connectivity index (χ2v) is 10.9. The molecule has 0 heterocycles. The highest BCUT2D eigenvalue weighted by Gasteiger charge is 2.39. The van der Waals surface area contributed by atoms with Gasteiger partial charge in [0.1, 0.15) is 0 Å². The number of methoxy groups -OCH3 is 1. The van der Waals surface area contributed by atoms with E-state index in [1.54, 1.807) is 0 Å². The van der Waals surface area contributed by atoms with Crippen LogP contribution < -0.4 is 0 Å². The molecule has 0 spiro atoms. The van der Waals surface area contributed by atoms with E-state index in [0.717, 1.165) is 0 Å². The molecule has 0 unspecified atom stereocenters. The molecule has 0 aliphatic rings. The summed E-state index contributed by atoms with van der Waals surface area (Å²) >= 11 is 0. The van der Waals surface area contributed by atoms with Crippen molar-refractivity contribution in [1.29, 1.82) is 0 Å². The summed E-state index contributed by atoms with van der Waals surface area (Å²) < 4.78 is 10.7. The molecule has 0 aliphatic carbocycles. The van der Waals surface area contributed by atoms with Gasteiger partial charge >= 0.3 is 5.97 Å². The van der Waals surface area contributed by atoms with Crippen LogP contribution in [0.2, 0.25) is 18.1 Å². The van der Waals surface area contributed by atoms with Crippen LogP contribution in [-0.2, 0) is 14.0 Å². The van der Waals surface area contributed by atoms with Gasteiger partial charge in [0.05, 0.1) is 19.3 Å². The first-order valence-corrected chi connectivity index (χ1v) is 9.44. The Balaban J connectivity index is 5.00. The summed E-state index contributed by atoms with van der Waals surface area (Å²) in [7, 11) is -0.661. The van der Waals surface area contributed by atoms with Crippen LogP contribution in [0.5, 0.6) is 0 Å². The average Bonchev–Trinajstić information content (AvgIpc) is 2.31. The van der Waals surface area contributed by atoms with Gasteiger partial charge in [0.15, 0.2) is 8.32 Å². The van der Waals surface area contributed by atoms with Crippen LogP contribution in [0.15, 0.2) is 17.3 Å². The molecule has 0 radical (unpaired) electrons. The number of esters is 1. The zero-order valence-electron chi connectivity index (χ0n) is 13.4. The first-order chi connectivity index (χ1) is 9.05. The van der Waals surface area contributed by atoms with E-state index in [9.17, 15) is 4.79 Å². The maximum atomic E-state index is 11.1. The number of azide groups is 1. The number of nitrogens with zero attached hydrogens (tertiary/aromatic N) is 3. The highest BCUT2D eigenvalue weighted by Crippen LogP contribution is 2.37. The number of hydrogen-bond donors (Lipinski definition) is 0. The van der Waals surface area contributed by atoms with E-state index in [0.29, 0.717) is 0 Å². The van der Waals surface area contributed by atoms with Crippen molar-refractivity contribution < 1.29 is 14.0 Å². The van der Waals surface area contributed by atoms with E-state index < -0.39 is 20.3 Å². The minimum absolute atomic E-state index is 0.0637. The Bertz CT molecular complexity index is 410. The van der Waals surface area contributed by atoms with Gasteiger partial charge in [-0.05, 0) is 30.6 Å². The van der Waals surface area contributed by atoms with Gasteiger partial charge < -0.3 is 9.16 Å². The summed E-state index contributed by atoms with van der Waals surface area (Å²) in [5, 5.41) is 3.74. The summed E-state index contributed by atoms with van der Waals surface area (Å²) in [4.78, 5) is 13.9. The molecule has 7 heteroatoms. The van der Waals surface area contributed by atoms with Crippen LogP contribution in [0, 0.1) is 0 Å². The Morgan fingerprint density at radius 2 is 1.95 bits per heavy atom. The van der Waals surface area contributed by atoms with E-state index >= 15 is 0 Å². The zero-order chi connectivity index (χ0) is 16.0. The minimum Gasteiger partial charge on any atom is -0.466 e. The topological polar surface area (TPSA) is 84.3 Å². The molecular formula is C13H25N3O3Si. The van der Waals surface area contributed by atoms with Crippen molar-refractivity contribution in [1.82, 2.24) is 0 Å². The molecule has 0 aromatic heterocycles. The Morgan fingerprint density at radius 1 is 1.40 bits per heavy atom. The van der Waals surface area contributed by atoms with E-state index in [-0.39, 0.29) is 11.1 Å². The van der Waals surface area contributed by atoms with Crippen LogP contribution >= 0.6 is 0 Å². The predicted octanol–water partition coefficient (Wildman–Crippen LogP) is 3.80. The van der Waals surface area contributed by atoms with Crippen LogP contribution in [0.1, 0.15) is 27.7 Å². The highest BCUT2D eigenvalue weighted by atomic mass is 28.4. The van der Waals surface area contributed by atoms with Gasteiger partial charge in [-0.25, -0.2) is 4.79 Å². The zero-order valence-corrected chi connectivity index (χ0v) is 14.4. The molecule has 0 rings (SSSR count). The molecule has 0 bridgehead atoms. The molecular weight excluding hydrogens is 274 g/mol. The molecule has 0 saturated carbocycles. The molecule has 0 amide bonds. The summed E-state index contributed by atoms with van der Waals surface area (Å²) in [6.45, 7) is 12.5. The largest absolute Gasteiger partial charge is 0.466 e. The van der Waals surface area contributed by atoms with E-state index in [1.807, 2.05) is 6.92 Å². The first-order valence-electron chi connectivity index (χ1n) is 6.53. The number of rotatable bonds is 6. The Kier molecular flexibility index (Phi) is 6.98. The van der Waals surface area contributed by atoms with Crippen molar-refractivity contribution in [3.05, 3.63) is 22.6 Å². The van der Waals surface area contributed by atoms with Gasteiger partial charge in [0.2, 0.25) is 0 Å². The fraction of sp³-hybridized carbons (Fsp3) is 0.769.